The summed E-state index contributed by atoms with van der Waals surface area (Å²) in [5.41, 5.74) is 0.624. The average molecular weight is 208 g/mol. The second kappa shape index (κ2) is 5.96. The number of ether oxygens (including phenoxy) is 1. The first-order chi connectivity index (χ1) is 7.24. The molecule has 0 atom stereocenters. The van der Waals surface area contributed by atoms with Crippen LogP contribution in [-0.2, 0) is 16.0 Å². The van der Waals surface area contributed by atoms with Gasteiger partial charge in [0, 0.05) is 0 Å². The standard InChI is InChI=1S/C12H13FO2/c1-15-12(14)9-5-3-7-10-6-2-4-8-11(10)13/h2-6,8H,7,9H2,1H3/b5-3-. The maximum Gasteiger partial charge on any atom is 0.309 e. The Hall–Kier alpha value is -1.64. The number of hydrogen-bond donors (Lipinski definition) is 0. The topological polar surface area (TPSA) is 26.3 Å². The Morgan fingerprint density at radius 1 is 1.40 bits per heavy atom. The quantitative estimate of drug-likeness (QED) is 0.561. The summed E-state index contributed by atoms with van der Waals surface area (Å²) in [6.07, 6.45) is 4.15. The molecule has 3 heteroatoms. The molecule has 0 N–H and O–H groups in total. The van der Waals surface area contributed by atoms with Crippen LogP contribution in [0, 0.1) is 5.82 Å². The number of rotatable bonds is 4. The molecule has 0 unspecified atom stereocenters. The first kappa shape index (κ1) is 11.4. The number of halogens is 1. The van der Waals surface area contributed by atoms with Crippen LogP contribution in [0.4, 0.5) is 4.39 Å². The van der Waals surface area contributed by atoms with Crippen molar-refractivity contribution in [3.05, 3.63) is 47.8 Å². The fourth-order valence-corrected chi connectivity index (χ4v) is 1.14. The minimum atomic E-state index is -0.292. The molecule has 0 bridgehead atoms. The van der Waals surface area contributed by atoms with Crippen molar-refractivity contribution in [3.8, 4) is 0 Å². The second-order valence-electron chi connectivity index (χ2n) is 3.05. The van der Waals surface area contributed by atoms with Crippen molar-refractivity contribution in [1.29, 1.82) is 0 Å². The zero-order valence-electron chi connectivity index (χ0n) is 8.57. The predicted molar refractivity (Wildman–Crippen MR) is 55.9 cm³/mol. The van der Waals surface area contributed by atoms with Gasteiger partial charge < -0.3 is 4.74 Å². The van der Waals surface area contributed by atoms with Gasteiger partial charge in [0.05, 0.1) is 13.5 Å². The molecule has 0 aliphatic heterocycles. The molecule has 0 aliphatic rings. The molecule has 0 saturated heterocycles. The van der Waals surface area contributed by atoms with Gasteiger partial charge in [-0.15, -0.1) is 0 Å². The first-order valence-corrected chi connectivity index (χ1v) is 4.69. The monoisotopic (exact) mass is 208 g/mol. The minimum Gasteiger partial charge on any atom is -0.469 e. The maximum absolute atomic E-state index is 13.1. The van der Waals surface area contributed by atoms with E-state index in [0.29, 0.717) is 12.0 Å². The third-order valence-corrected chi connectivity index (χ3v) is 1.97. The largest absolute Gasteiger partial charge is 0.469 e. The van der Waals surface area contributed by atoms with Crippen LogP contribution in [-0.4, -0.2) is 13.1 Å². The Morgan fingerprint density at radius 3 is 2.80 bits per heavy atom. The highest BCUT2D eigenvalue weighted by Gasteiger charge is 1.97. The normalized spacial score (nSPS) is 10.5. The van der Waals surface area contributed by atoms with Crippen LogP contribution in [0.5, 0.6) is 0 Å². The lowest BCUT2D eigenvalue weighted by molar-refractivity contribution is -0.139. The third kappa shape index (κ3) is 3.94. The van der Waals surface area contributed by atoms with E-state index in [-0.39, 0.29) is 18.2 Å². The average Bonchev–Trinajstić information content (AvgIpc) is 2.26. The van der Waals surface area contributed by atoms with E-state index in [0.717, 1.165) is 0 Å². The van der Waals surface area contributed by atoms with E-state index in [1.54, 1.807) is 30.4 Å². The summed E-state index contributed by atoms with van der Waals surface area (Å²) in [4.78, 5) is 10.7. The summed E-state index contributed by atoms with van der Waals surface area (Å²) in [6.45, 7) is 0. The summed E-state index contributed by atoms with van der Waals surface area (Å²) in [6, 6.07) is 6.57. The van der Waals surface area contributed by atoms with E-state index in [2.05, 4.69) is 4.74 Å². The Kier molecular flexibility index (Phi) is 4.54. The van der Waals surface area contributed by atoms with Crippen molar-refractivity contribution >= 4 is 5.97 Å². The zero-order valence-corrected chi connectivity index (χ0v) is 8.57. The van der Waals surface area contributed by atoms with Gasteiger partial charge in [0.15, 0.2) is 0 Å². The van der Waals surface area contributed by atoms with Crippen molar-refractivity contribution in [2.75, 3.05) is 7.11 Å². The minimum absolute atomic E-state index is 0.222. The van der Waals surface area contributed by atoms with Crippen LogP contribution in [0.15, 0.2) is 36.4 Å². The number of methoxy groups -OCH3 is 1. The van der Waals surface area contributed by atoms with Gasteiger partial charge in [-0.05, 0) is 18.1 Å². The van der Waals surface area contributed by atoms with Crippen LogP contribution in [0.1, 0.15) is 12.0 Å². The summed E-state index contributed by atoms with van der Waals surface area (Å²) in [7, 11) is 1.34. The number of hydrogen-bond acceptors (Lipinski definition) is 2. The Balaban J connectivity index is 2.44. The number of carbonyl (C=O) groups is 1. The van der Waals surface area contributed by atoms with Crippen LogP contribution < -0.4 is 0 Å². The first-order valence-electron chi connectivity index (χ1n) is 4.69. The highest BCUT2D eigenvalue weighted by molar-refractivity contribution is 5.70. The van der Waals surface area contributed by atoms with E-state index < -0.39 is 0 Å². The lowest BCUT2D eigenvalue weighted by atomic mass is 10.1. The fourth-order valence-electron chi connectivity index (χ4n) is 1.14. The number of carbonyl (C=O) groups excluding carboxylic acids is 1. The van der Waals surface area contributed by atoms with Crippen LogP contribution in [0.3, 0.4) is 0 Å². The molecule has 0 aromatic heterocycles. The molecule has 0 spiro atoms. The SMILES string of the molecule is COC(=O)C/C=C\Cc1ccccc1F. The number of allylic oxidation sites excluding steroid dienone is 1. The van der Waals surface area contributed by atoms with Gasteiger partial charge in [-0.3, -0.25) is 4.79 Å². The van der Waals surface area contributed by atoms with E-state index in [1.165, 1.54) is 13.2 Å². The van der Waals surface area contributed by atoms with Gasteiger partial charge in [-0.2, -0.15) is 0 Å². The van der Waals surface area contributed by atoms with Crippen LogP contribution in [0.25, 0.3) is 0 Å². The van der Waals surface area contributed by atoms with Crippen molar-refractivity contribution in [3.63, 3.8) is 0 Å². The molecule has 0 fully saturated rings. The molecule has 1 aromatic carbocycles. The second-order valence-corrected chi connectivity index (χ2v) is 3.05. The zero-order chi connectivity index (χ0) is 11.1. The predicted octanol–water partition coefficient (Wildman–Crippen LogP) is 2.49. The summed E-state index contributed by atoms with van der Waals surface area (Å²) >= 11 is 0. The summed E-state index contributed by atoms with van der Waals surface area (Å²) in [5, 5.41) is 0. The Morgan fingerprint density at radius 2 is 2.13 bits per heavy atom. The van der Waals surface area contributed by atoms with Crippen molar-refractivity contribution in [2.24, 2.45) is 0 Å². The number of esters is 1. The molecular formula is C12H13FO2. The molecular weight excluding hydrogens is 195 g/mol. The molecule has 2 nitrogen and oxygen atoms in total. The molecule has 1 aromatic rings. The molecule has 1 rings (SSSR count). The molecule has 0 radical (unpaired) electrons. The number of benzene rings is 1. The lowest BCUT2D eigenvalue weighted by Crippen LogP contribution is -1.97. The molecule has 0 saturated carbocycles. The van der Waals surface area contributed by atoms with Gasteiger partial charge in [-0.25, -0.2) is 4.39 Å². The van der Waals surface area contributed by atoms with E-state index in [9.17, 15) is 9.18 Å². The molecule has 80 valence electrons. The van der Waals surface area contributed by atoms with Crippen LogP contribution >= 0.6 is 0 Å². The Bertz CT molecular complexity index is 358. The van der Waals surface area contributed by atoms with E-state index >= 15 is 0 Å². The van der Waals surface area contributed by atoms with E-state index in [4.69, 9.17) is 0 Å². The summed E-state index contributed by atoms with van der Waals surface area (Å²) in [5.74, 6) is -0.514. The highest BCUT2D eigenvalue weighted by atomic mass is 19.1. The Labute approximate surface area is 88.4 Å². The molecule has 0 aliphatic carbocycles. The van der Waals surface area contributed by atoms with E-state index in [1.807, 2.05) is 0 Å². The highest BCUT2D eigenvalue weighted by Crippen LogP contribution is 2.07. The van der Waals surface area contributed by atoms with Crippen molar-refractivity contribution in [2.45, 2.75) is 12.8 Å². The third-order valence-electron chi connectivity index (χ3n) is 1.97. The van der Waals surface area contributed by atoms with Gasteiger partial charge in [0.1, 0.15) is 5.82 Å². The van der Waals surface area contributed by atoms with Crippen molar-refractivity contribution in [1.82, 2.24) is 0 Å². The maximum atomic E-state index is 13.1. The van der Waals surface area contributed by atoms with Gasteiger partial charge in [-0.1, -0.05) is 30.4 Å². The summed E-state index contributed by atoms with van der Waals surface area (Å²) < 4.78 is 17.6. The smallest absolute Gasteiger partial charge is 0.309 e. The van der Waals surface area contributed by atoms with Gasteiger partial charge in [0.25, 0.3) is 0 Å². The molecule has 15 heavy (non-hydrogen) atoms. The molecule has 0 heterocycles. The lowest BCUT2D eigenvalue weighted by Gasteiger charge is -1.97. The molecule has 0 amide bonds. The fraction of sp³-hybridized carbons (Fsp3) is 0.250. The van der Waals surface area contributed by atoms with Gasteiger partial charge in [0.2, 0.25) is 0 Å². The van der Waals surface area contributed by atoms with Crippen LogP contribution in [0.2, 0.25) is 0 Å². The van der Waals surface area contributed by atoms with Crippen molar-refractivity contribution < 1.29 is 13.9 Å². The van der Waals surface area contributed by atoms with Gasteiger partial charge >= 0.3 is 5.97 Å².